The van der Waals surface area contributed by atoms with Gasteiger partial charge in [-0.15, -0.1) is 0 Å². The minimum atomic E-state index is -0.00254. The van der Waals surface area contributed by atoms with Crippen LogP contribution in [-0.2, 0) is 16.1 Å². The van der Waals surface area contributed by atoms with Crippen molar-refractivity contribution < 1.29 is 9.47 Å². The molecule has 2 nitrogen and oxygen atoms in total. The standard InChI is InChI=1S/C16H24O2/c1-3-9-16(10-6-11-18-16)13-17-12-15-8-5-4-7-14(15)2/h4-5,7-8H,3,6,9-13H2,1-2H3. The molecule has 1 aromatic carbocycles. The minimum absolute atomic E-state index is 0.00254. The molecule has 1 unspecified atom stereocenters. The molecule has 100 valence electrons. The van der Waals surface area contributed by atoms with Gasteiger partial charge in [-0.3, -0.25) is 0 Å². The molecule has 1 saturated heterocycles. The summed E-state index contributed by atoms with van der Waals surface area (Å²) in [6.45, 7) is 6.67. The Bertz CT molecular complexity index is 367. The molecule has 0 N–H and O–H groups in total. The molecule has 0 radical (unpaired) electrons. The second kappa shape index (κ2) is 6.35. The van der Waals surface area contributed by atoms with Crippen molar-refractivity contribution in [3.63, 3.8) is 0 Å². The van der Waals surface area contributed by atoms with E-state index in [1.165, 1.54) is 17.5 Å². The van der Waals surface area contributed by atoms with Crippen molar-refractivity contribution in [1.82, 2.24) is 0 Å². The zero-order valence-electron chi connectivity index (χ0n) is 11.6. The van der Waals surface area contributed by atoms with E-state index in [0.29, 0.717) is 6.61 Å². The van der Waals surface area contributed by atoms with Crippen LogP contribution < -0.4 is 0 Å². The molecular formula is C16H24O2. The van der Waals surface area contributed by atoms with Crippen LogP contribution in [0.4, 0.5) is 0 Å². The SMILES string of the molecule is CCCC1(COCc2ccccc2C)CCCO1. The van der Waals surface area contributed by atoms with Gasteiger partial charge < -0.3 is 9.47 Å². The van der Waals surface area contributed by atoms with E-state index in [9.17, 15) is 0 Å². The summed E-state index contributed by atoms with van der Waals surface area (Å²) < 4.78 is 11.8. The number of rotatable bonds is 6. The lowest BCUT2D eigenvalue weighted by Crippen LogP contribution is -2.33. The van der Waals surface area contributed by atoms with E-state index in [1.807, 2.05) is 0 Å². The maximum Gasteiger partial charge on any atom is 0.0915 e. The van der Waals surface area contributed by atoms with Crippen molar-refractivity contribution in [3.05, 3.63) is 35.4 Å². The summed E-state index contributed by atoms with van der Waals surface area (Å²) in [7, 11) is 0. The van der Waals surface area contributed by atoms with Crippen molar-refractivity contribution in [2.24, 2.45) is 0 Å². The van der Waals surface area contributed by atoms with Gasteiger partial charge in [0.1, 0.15) is 0 Å². The largest absolute Gasteiger partial charge is 0.374 e. The van der Waals surface area contributed by atoms with E-state index < -0.39 is 0 Å². The molecule has 1 aliphatic rings. The highest BCUT2D eigenvalue weighted by molar-refractivity contribution is 5.24. The Morgan fingerprint density at radius 1 is 1.33 bits per heavy atom. The Kier molecular flexibility index (Phi) is 4.79. The van der Waals surface area contributed by atoms with Gasteiger partial charge >= 0.3 is 0 Å². The molecule has 2 heteroatoms. The lowest BCUT2D eigenvalue weighted by molar-refractivity contribution is -0.0729. The van der Waals surface area contributed by atoms with Gasteiger partial charge in [-0.05, 0) is 37.3 Å². The molecule has 18 heavy (non-hydrogen) atoms. The summed E-state index contributed by atoms with van der Waals surface area (Å²) in [5.41, 5.74) is 2.58. The third-order valence-electron chi connectivity index (χ3n) is 3.77. The van der Waals surface area contributed by atoms with Crippen LogP contribution in [0.5, 0.6) is 0 Å². The fourth-order valence-electron chi connectivity index (χ4n) is 2.71. The number of hydrogen-bond donors (Lipinski definition) is 0. The molecule has 0 aliphatic carbocycles. The van der Waals surface area contributed by atoms with Gasteiger partial charge in [0.05, 0.1) is 18.8 Å². The van der Waals surface area contributed by atoms with Crippen molar-refractivity contribution in [2.75, 3.05) is 13.2 Å². The molecule has 0 amide bonds. The summed E-state index contributed by atoms with van der Waals surface area (Å²) in [5, 5.41) is 0. The highest BCUT2D eigenvalue weighted by Crippen LogP contribution is 2.31. The van der Waals surface area contributed by atoms with Crippen molar-refractivity contribution in [3.8, 4) is 0 Å². The summed E-state index contributed by atoms with van der Waals surface area (Å²) in [6.07, 6.45) is 4.59. The Labute approximate surface area is 110 Å². The smallest absolute Gasteiger partial charge is 0.0915 e. The quantitative estimate of drug-likeness (QED) is 0.761. The van der Waals surface area contributed by atoms with Gasteiger partial charge in [0, 0.05) is 6.61 Å². The number of benzene rings is 1. The van der Waals surface area contributed by atoms with Crippen LogP contribution in [0.15, 0.2) is 24.3 Å². The van der Waals surface area contributed by atoms with Gasteiger partial charge in [0.15, 0.2) is 0 Å². The molecule has 1 atom stereocenters. The maximum absolute atomic E-state index is 5.92. The lowest BCUT2D eigenvalue weighted by atomic mass is 9.95. The first-order chi connectivity index (χ1) is 8.76. The van der Waals surface area contributed by atoms with Crippen LogP contribution in [0, 0.1) is 6.92 Å². The van der Waals surface area contributed by atoms with Gasteiger partial charge in [-0.1, -0.05) is 37.6 Å². The highest BCUT2D eigenvalue weighted by atomic mass is 16.5. The van der Waals surface area contributed by atoms with E-state index in [-0.39, 0.29) is 5.60 Å². The summed E-state index contributed by atoms with van der Waals surface area (Å²) >= 11 is 0. The second-order valence-electron chi connectivity index (χ2n) is 5.30. The van der Waals surface area contributed by atoms with Crippen LogP contribution >= 0.6 is 0 Å². The Balaban J connectivity index is 1.85. The van der Waals surface area contributed by atoms with E-state index in [4.69, 9.17) is 9.47 Å². The Morgan fingerprint density at radius 3 is 2.83 bits per heavy atom. The third kappa shape index (κ3) is 3.33. The maximum atomic E-state index is 5.92. The average Bonchev–Trinajstić information content (AvgIpc) is 2.81. The molecule has 0 spiro atoms. The van der Waals surface area contributed by atoms with Gasteiger partial charge in [0.25, 0.3) is 0 Å². The zero-order chi connectivity index (χ0) is 12.8. The predicted octanol–water partition coefficient (Wildman–Crippen LogP) is 3.86. The topological polar surface area (TPSA) is 18.5 Å². The van der Waals surface area contributed by atoms with Gasteiger partial charge in [-0.2, -0.15) is 0 Å². The van der Waals surface area contributed by atoms with Crippen LogP contribution in [0.25, 0.3) is 0 Å². The normalized spacial score (nSPS) is 23.4. The predicted molar refractivity (Wildman–Crippen MR) is 73.7 cm³/mol. The first-order valence-electron chi connectivity index (χ1n) is 7.02. The molecule has 0 saturated carbocycles. The van der Waals surface area contributed by atoms with Crippen molar-refractivity contribution >= 4 is 0 Å². The van der Waals surface area contributed by atoms with Crippen LogP contribution in [-0.4, -0.2) is 18.8 Å². The first kappa shape index (κ1) is 13.6. The summed E-state index contributed by atoms with van der Waals surface area (Å²) in [4.78, 5) is 0. The molecule has 0 bridgehead atoms. The van der Waals surface area contributed by atoms with Crippen molar-refractivity contribution in [1.29, 1.82) is 0 Å². The number of hydrogen-bond acceptors (Lipinski definition) is 2. The van der Waals surface area contributed by atoms with E-state index in [1.54, 1.807) is 0 Å². The summed E-state index contributed by atoms with van der Waals surface area (Å²) in [5.74, 6) is 0. The lowest BCUT2D eigenvalue weighted by Gasteiger charge is -2.27. The Hall–Kier alpha value is -0.860. The van der Waals surface area contributed by atoms with E-state index in [2.05, 4.69) is 38.1 Å². The highest BCUT2D eigenvalue weighted by Gasteiger charge is 2.34. The molecular weight excluding hydrogens is 224 g/mol. The molecule has 1 heterocycles. The fourth-order valence-corrected chi connectivity index (χ4v) is 2.71. The number of aryl methyl sites for hydroxylation is 1. The van der Waals surface area contributed by atoms with Crippen LogP contribution in [0.1, 0.15) is 43.7 Å². The molecule has 1 fully saturated rings. The molecule has 1 aliphatic heterocycles. The van der Waals surface area contributed by atoms with Crippen molar-refractivity contribution in [2.45, 2.75) is 51.7 Å². The fraction of sp³-hybridized carbons (Fsp3) is 0.625. The third-order valence-corrected chi connectivity index (χ3v) is 3.77. The monoisotopic (exact) mass is 248 g/mol. The zero-order valence-corrected chi connectivity index (χ0v) is 11.6. The van der Waals surface area contributed by atoms with Gasteiger partial charge in [-0.25, -0.2) is 0 Å². The average molecular weight is 248 g/mol. The number of ether oxygens (including phenoxy) is 2. The molecule has 1 aromatic rings. The Morgan fingerprint density at radius 2 is 2.17 bits per heavy atom. The minimum Gasteiger partial charge on any atom is -0.374 e. The molecule has 0 aromatic heterocycles. The van der Waals surface area contributed by atoms with E-state index >= 15 is 0 Å². The van der Waals surface area contributed by atoms with E-state index in [0.717, 1.165) is 32.5 Å². The first-order valence-corrected chi connectivity index (χ1v) is 7.02. The van der Waals surface area contributed by atoms with Crippen LogP contribution in [0.2, 0.25) is 0 Å². The van der Waals surface area contributed by atoms with Crippen LogP contribution in [0.3, 0.4) is 0 Å². The molecule has 2 rings (SSSR count). The second-order valence-corrected chi connectivity index (χ2v) is 5.30. The van der Waals surface area contributed by atoms with Gasteiger partial charge in [0.2, 0.25) is 0 Å². The summed E-state index contributed by atoms with van der Waals surface area (Å²) in [6, 6.07) is 8.40.